The molecule has 0 saturated heterocycles. The van der Waals surface area contributed by atoms with Gasteiger partial charge in [-0.2, -0.15) is 0 Å². The van der Waals surface area contributed by atoms with Gasteiger partial charge in [0, 0.05) is 35.5 Å². The Labute approximate surface area is 256 Å². The number of nitrogens with one attached hydrogen (secondary N) is 3. The number of rotatable bonds is 11. The number of nitrogens with zero attached hydrogens (tertiary/aromatic N) is 3. The van der Waals surface area contributed by atoms with Gasteiger partial charge in [0.25, 0.3) is 5.91 Å². The van der Waals surface area contributed by atoms with Gasteiger partial charge in [0.2, 0.25) is 0 Å². The molecule has 11 heteroatoms. The number of hydrogen-bond donors (Lipinski definition) is 4. The van der Waals surface area contributed by atoms with E-state index in [0.717, 1.165) is 34.9 Å². The number of nitrogens with two attached hydrogens (primary N) is 1. The van der Waals surface area contributed by atoms with Crippen LogP contribution in [0.25, 0.3) is 5.70 Å². The number of alkyl carbamates (subject to hydrolysis) is 1. The number of aliphatic imine (C=N–C) groups is 2. The summed E-state index contributed by atoms with van der Waals surface area (Å²) in [6.07, 6.45) is 3.65. The third-order valence-corrected chi connectivity index (χ3v) is 6.74. The summed E-state index contributed by atoms with van der Waals surface area (Å²) in [5.74, 6) is -1.88. The van der Waals surface area contributed by atoms with Gasteiger partial charge in [-0.3, -0.25) is 9.79 Å². The zero-order chi connectivity index (χ0) is 31.9. The monoisotopic (exact) mass is 599 g/mol. The van der Waals surface area contributed by atoms with Crippen LogP contribution in [0.5, 0.6) is 0 Å². The van der Waals surface area contributed by atoms with E-state index < -0.39 is 29.6 Å². The smallest absolute Gasteiger partial charge is 0.408 e. The van der Waals surface area contributed by atoms with Crippen LogP contribution in [0.15, 0.2) is 70.7 Å². The summed E-state index contributed by atoms with van der Waals surface area (Å²) in [6.45, 7) is 10.8. The highest BCUT2D eigenvalue weighted by Crippen LogP contribution is 2.31. The Hall–Kier alpha value is -4.90. The number of ether oxygens (including phenoxy) is 1. The van der Waals surface area contributed by atoms with Gasteiger partial charge in [-0.25, -0.2) is 19.2 Å². The van der Waals surface area contributed by atoms with Crippen molar-refractivity contribution in [3.63, 3.8) is 0 Å². The topological polar surface area (TPSA) is 143 Å². The molecule has 0 unspecified atom stereocenters. The predicted molar refractivity (Wildman–Crippen MR) is 173 cm³/mol. The number of pyridine rings is 1. The van der Waals surface area contributed by atoms with Crippen molar-refractivity contribution in [3.05, 3.63) is 88.7 Å². The summed E-state index contributed by atoms with van der Waals surface area (Å²) in [5, 5.41) is 8.83. The van der Waals surface area contributed by atoms with E-state index in [4.69, 9.17) is 10.5 Å². The van der Waals surface area contributed by atoms with E-state index in [2.05, 4.69) is 37.6 Å². The third kappa shape index (κ3) is 8.35. The maximum Gasteiger partial charge on any atom is 0.408 e. The van der Waals surface area contributed by atoms with Crippen molar-refractivity contribution in [2.24, 2.45) is 21.6 Å². The highest BCUT2D eigenvalue weighted by molar-refractivity contribution is 6.02. The fraction of sp³-hybridized carbons (Fsp3) is 0.303. The second kappa shape index (κ2) is 14.0. The molecule has 1 aliphatic heterocycles. The minimum Gasteiger partial charge on any atom is -0.444 e. The molecular formula is C33H38FN7O3. The fourth-order valence-corrected chi connectivity index (χ4v) is 4.67. The van der Waals surface area contributed by atoms with Crippen molar-refractivity contribution in [1.29, 1.82) is 0 Å². The summed E-state index contributed by atoms with van der Waals surface area (Å²) in [7, 11) is 0. The molecule has 10 nitrogen and oxygen atoms in total. The van der Waals surface area contributed by atoms with E-state index in [9.17, 15) is 9.59 Å². The number of amides is 2. The van der Waals surface area contributed by atoms with Gasteiger partial charge < -0.3 is 26.4 Å². The number of allylic oxidation sites excluding steroid dienone is 1. The fourth-order valence-electron chi connectivity index (χ4n) is 4.67. The van der Waals surface area contributed by atoms with Crippen LogP contribution in [0, 0.1) is 11.7 Å². The first-order valence-electron chi connectivity index (χ1n) is 14.4. The molecule has 0 radical (unpaired) electrons. The first kappa shape index (κ1) is 32.0. The maximum atomic E-state index is 15.3. The quantitative estimate of drug-likeness (QED) is 0.155. The molecule has 0 aliphatic carbocycles. The molecule has 1 aromatic heterocycles. The average Bonchev–Trinajstić information content (AvgIpc) is 3.37. The molecule has 2 heterocycles. The Bertz CT molecular complexity index is 1580. The average molecular weight is 600 g/mol. The molecule has 44 heavy (non-hydrogen) atoms. The Balaban J connectivity index is 1.58. The van der Waals surface area contributed by atoms with E-state index in [1.807, 2.05) is 61.5 Å². The van der Waals surface area contributed by atoms with Crippen LogP contribution in [0.1, 0.15) is 61.2 Å². The maximum absolute atomic E-state index is 15.3. The Morgan fingerprint density at radius 1 is 1.14 bits per heavy atom. The molecule has 1 aliphatic rings. The van der Waals surface area contributed by atoms with Crippen LogP contribution in [-0.4, -0.2) is 48.2 Å². The van der Waals surface area contributed by atoms with Crippen molar-refractivity contribution < 1.29 is 18.7 Å². The van der Waals surface area contributed by atoms with E-state index >= 15 is 4.39 Å². The van der Waals surface area contributed by atoms with Gasteiger partial charge in [0.15, 0.2) is 11.6 Å². The molecule has 0 bridgehead atoms. The molecular weight excluding hydrogens is 561 g/mol. The summed E-state index contributed by atoms with van der Waals surface area (Å²) >= 11 is 0. The summed E-state index contributed by atoms with van der Waals surface area (Å²) in [6, 6.07) is 16.3. The van der Waals surface area contributed by atoms with Crippen LogP contribution >= 0.6 is 0 Å². The molecule has 0 fully saturated rings. The van der Waals surface area contributed by atoms with Gasteiger partial charge in [0.1, 0.15) is 11.4 Å². The first-order chi connectivity index (χ1) is 21.0. The van der Waals surface area contributed by atoms with Gasteiger partial charge in [-0.1, -0.05) is 49.4 Å². The van der Waals surface area contributed by atoms with E-state index in [-0.39, 0.29) is 29.7 Å². The van der Waals surface area contributed by atoms with Crippen LogP contribution in [0.2, 0.25) is 0 Å². The van der Waals surface area contributed by atoms with E-state index in [1.54, 1.807) is 27.0 Å². The summed E-state index contributed by atoms with van der Waals surface area (Å²) in [5.41, 5.74) is 10.0. The van der Waals surface area contributed by atoms with Gasteiger partial charge in [0.05, 0.1) is 17.4 Å². The minimum atomic E-state index is -0.830. The lowest BCUT2D eigenvalue weighted by Gasteiger charge is -2.27. The SMILES string of the molecule is C=NC(=O)c1cc(F)c(NC[C@H](Cc2ccccc2)[C@H](N)NC(=O)OC(C)(C)C)nc1Nc1ccc2c(c1)C=N/C2=C/CC. The lowest BCUT2D eigenvalue weighted by atomic mass is 9.96. The second-order valence-electron chi connectivity index (χ2n) is 11.4. The van der Waals surface area contributed by atoms with Gasteiger partial charge in [-0.05, 0) is 64.1 Å². The number of anilines is 3. The number of carbonyl (C=O) groups is 2. The van der Waals surface area contributed by atoms with E-state index in [0.29, 0.717) is 12.1 Å². The Kier molecular flexibility index (Phi) is 10.2. The van der Waals surface area contributed by atoms with Crippen molar-refractivity contribution in [2.45, 2.75) is 52.3 Å². The molecule has 2 atom stereocenters. The zero-order valence-corrected chi connectivity index (χ0v) is 25.4. The number of benzene rings is 2. The van der Waals surface area contributed by atoms with Crippen LogP contribution < -0.4 is 21.7 Å². The van der Waals surface area contributed by atoms with Crippen molar-refractivity contribution >= 4 is 48.0 Å². The summed E-state index contributed by atoms with van der Waals surface area (Å²) < 4.78 is 20.7. The highest BCUT2D eigenvalue weighted by Gasteiger charge is 2.25. The number of fused-ring (bicyclic) bond motifs is 1. The molecule has 2 amide bonds. The van der Waals surface area contributed by atoms with Crippen LogP contribution in [0.3, 0.4) is 0 Å². The van der Waals surface area contributed by atoms with Crippen LogP contribution in [0.4, 0.5) is 26.5 Å². The highest BCUT2D eigenvalue weighted by atomic mass is 19.1. The molecule has 230 valence electrons. The number of halogens is 1. The van der Waals surface area contributed by atoms with Crippen molar-refractivity contribution in [3.8, 4) is 0 Å². The summed E-state index contributed by atoms with van der Waals surface area (Å²) in [4.78, 5) is 37.3. The van der Waals surface area contributed by atoms with Gasteiger partial charge >= 0.3 is 6.09 Å². The molecule has 2 aromatic carbocycles. The zero-order valence-electron chi connectivity index (χ0n) is 25.4. The lowest BCUT2D eigenvalue weighted by Crippen LogP contribution is -2.50. The number of aromatic nitrogens is 1. The van der Waals surface area contributed by atoms with Crippen LogP contribution in [-0.2, 0) is 11.2 Å². The Morgan fingerprint density at radius 2 is 1.89 bits per heavy atom. The lowest BCUT2D eigenvalue weighted by molar-refractivity contribution is 0.0489. The van der Waals surface area contributed by atoms with Crippen molar-refractivity contribution in [1.82, 2.24) is 10.3 Å². The third-order valence-electron chi connectivity index (χ3n) is 6.74. The molecule has 4 rings (SSSR count). The number of hydrogen-bond acceptors (Lipinski definition) is 8. The van der Waals surface area contributed by atoms with E-state index in [1.165, 1.54) is 0 Å². The second-order valence-corrected chi connectivity index (χ2v) is 11.4. The molecule has 5 N–H and O–H groups in total. The first-order valence-corrected chi connectivity index (χ1v) is 14.4. The van der Waals surface area contributed by atoms with Crippen molar-refractivity contribution in [2.75, 3.05) is 17.2 Å². The largest absolute Gasteiger partial charge is 0.444 e. The minimum absolute atomic E-state index is 0.0760. The molecule has 0 spiro atoms. The number of carbonyl (C=O) groups excluding carboxylic acids is 2. The predicted octanol–water partition coefficient (Wildman–Crippen LogP) is 6.07. The molecule has 3 aromatic rings. The molecule has 0 saturated carbocycles. The van der Waals surface area contributed by atoms with Gasteiger partial charge in [-0.15, -0.1) is 0 Å². The normalized spacial score (nSPS) is 14.5. The Morgan fingerprint density at radius 3 is 2.57 bits per heavy atom. The standard InChI is InChI=1S/C33H38FN7O3/c1-6-10-27-24-14-13-23(16-21(24)18-37-27)39-29-25(31(42)36-5)17-26(34)30(41-29)38-19-22(15-20-11-8-7-9-12-20)28(35)40-32(43)44-33(2,3)4/h7-14,16-18,22,28H,5-6,15,19,35H2,1-4H3,(H,40,43)(H2,38,39,41)/b27-10+/t22-,28+/m0/s1.